The summed E-state index contributed by atoms with van der Waals surface area (Å²) in [6.07, 6.45) is -6.18. The van der Waals surface area contributed by atoms with Crippen LogP contribution in [0.4, 0.5) is 0 Å². The van der Waals surface area contributed by atoms with Gasteiger partial charge in [-0.3, -0.25) is 4.79 Å². The van der Waals surface area contributed by atoms with Crippen molar-refractivity contribution < 1.29 is 59.5 Å². The molecular weight excluding hydrogens is 684 g/mol. The Bertz CT molecular complexity index is 1420. The van der Waals surface area contributed by atoms with Gasteiger partial charge in [0.2, 0.25) is 0 Å². The molecule has 7 fully saturated rings. The molecule has 0 aromatic heterocycles. The van der Waals surface area contributed by atoms with Crippen LogP contribution in [-0.4, -0.2) is 109 Å². The summed E-state index contributed by atoms with van der Waals surface area (Å²) in [5, 5.41) is 74.2. The molecule has 0 unspecified atom stereocenters. The molecule has 7 rings (SSSR count). The number of hydrogen-bond donors (Lipinski definition) is 7. The van der Waals surface area contributed by atoms with E-state index in [0.29, 0.717) is 18.3 Å². The van der Waals surface area contributed by atoms with Crippen molar-refractivity contribution in [1.82, 2.24) is 0 Å². The first kappa shape index (κ1) is 40.0. The normalized spacial score (nSPS) is 56.3. The van der Waals surface area contributed by atoms with E-state index in [1.54, 1.807) is 0 Å². The van der Waals surface area contributed by atoms with Crippen molar-refractivity contribution in [2.24, 2.45) is 56.7 Å². The predicted molar refractivity (Wildman–Crippen MR) is 192 cm³/mol. The maximum atomic E-state index is 13.0. The smallest absolute Gasteiger partial charge is 0.309 e. The molecule has 12 heteroatoms. The summed E-state index contributed by atoms with van der Waals surface area (Å²) < 4.78 is 24.1. The lowest BCUT2D eigenvalue weighted by atomic mass is 9.32. The fourth-order valence-electron chi connectivity index (χ4n) is 14.2. The first-order chi connectivity index (χ1) is 24.7. The van der Waals surface area contributed by atoms with E-state index < -0.39 is 73.0 Å². The molecule has 5 aliphatic carbocycles. The lowest BCUT2D eigenvalue weighted by Crippen LogP contribution is -2.68. The van der Waals surface area contributed by atoms with Crippen molar-refractivity contribution in [3.05, 3.63) is 12.2 Å². The van der Waals surface area contributed by atoms with E-state index in [1.807, 2.05) is 0 Å². The number of fused-ring (bicyclic) bond motifs is 7. The summed E-state index contributed by atoms with van der Waals surface area (Å²) in [6, 6.07) is 0. The van der Waals surface area contributed by atoms with Gasteiger partial charge in [0, 0.05) is 0 Å². The largest absolute Gasteiger partial charge is 0.481 e. The van der Waals surface area contributed by atoms with E-state index >= 15 is 0 Å². The van der Waals surface area contributed by atoms with Crippen molar-refractivity contribution in [3.8, 4) is 0 Å². The zero-order valence-electron chi connectivity index (χ0n) is 32.7. The molecule has 0 radical (unpaired) electrons. The number of hydrogen-bond acceptors (Lipinski definition) is 11. The molecule has 0 aromatic rings. The summed E-state index contributed by atoms with van der Waals surface area (Å²) in [4.78, 5) is 13.0. The highest BCUT2D eigenvalue weighted by molar-refractivity contribution is 5.76. The molecule has 0 aromatic carbocycles. The second-order valence-electron chi connectivity index (χ2n) is 19.8. The molecule has 0 spiro atoms. The fourth-order valence-corrected chi connectivity index (χ4v) is 14.2. The second kappa shape index (κ2) is 13.5. The number of allylic oxidation sites excluding steroid dienone is 1. The van der Waals surface area contributed by atoms with Gasteiger partial charge < -0.3 is 54.7 Å². The van der Waals surface area contributed by atoms with Crippen molar-refractivity contribution in [1.29, 1.82) is 0 Å². The summed E-state index contributed by atoms with van der Waals surface area (Å²) in [6.45, 7) is 19.9. The number of carboxylic acids is 1. The van der Waals surface area contributed by atoms with Crippen LogP contribution in [-0.2, 0) is 23.7 Å². The molecule has 0 amide bonds. The van der Waals surface area contributed by atoms with E-state index in [4.69, 9.17) is 18.9 Å². The fraction of sp³-hybridized carbons (Fsp3) is 0.927. The van der Waals surface area contributed by atoms with Crippen LogP contribution in [0.5, 0.6) is 0 Å². The van der Waals surface area contributed by atoms with Gasteiger partial charge in [-0.15, -0.1) is 0 Å². The Hall–Kier alpha value is -1.19. The van der Waals surface area contributed by atoms with Gasteiger partial charge in [0.25, 0.3) is 0 Å². The molecule has 302 valence electrons. The number of carbonyl (C=O) groups is 1. The van der Waals surface area contributed by atoms with Gasteiger partial charge in [0.05, 0.1) is 17.6 Å². The zero-order chi connectivity index (χ0) is 38.8. The number of ether oxygens (including phenoxy) is 4. The highest BCUT2D eigenvalue weighted by atomic mass is 16.8. The van der Waals surface area contributed by atoms with E-state index in [1.165, 1.54) is 6.92 Å². The van der Waals surface area contributed by atoms with E-state index in [9.17, 15) is 40.5 Å². The third kappa shape index (κ3) is 5.69. The SMILES string of the molecule is C=C(C)[C@@H]1CC[C@]2(C(=O)O)CC[C@]3(C)[C@@H](CC[C@@H]4[C@]5(C)CC[C@@H](O[C@H]6O[C@H](O)[C@@H](O)[C@@H](O)[C@H]6O[C@H]6O[C@@H](C)[C@H](O)[C@@H](O)[C@H]6O)C(C)(C)[C@H]5CC[C@]43C)[C@@H]12. The quantitative estimate of drug-likeness (QED) is 0.154. The number of aliphatic hydroxyl groups is 6. The Morgan fingerprint density at radius 1 is 0.698 bits per heavy atom. The Morgan fingerprint density at radius 2 is 1.40 bits per heavy atom. The first-order valence-corrected chi connectivity index (χ1v) is 20.2. The molecular formula is C41H66O12. The Labute approximate surface area is 314 Å². The molecule has 5 saturated carbocycles. The number of aliphatic hydroxyl groups excluding tert-OH is 6. The summed E-state index contributed by atoms with van der Waals surface area (Å²) in [5.41, 5.74) is 0.121. The number of rotatable bonds is 6. The average Bonchev–Trinajstić information content (AvgIpc) is 3.50. The van der Waals surface area contributed by atoms with Crippen LogP contribution in [0.3, 0.4) is 0 Å². The van der Waals surface area contributed by atoms with Crippen LogP contribution in [0.2, 0.25) is 0 Å². The van der Waals surface area contributed by atoms with Crippen molar-refractivity contribution in [3.63, 3.8) is 0 Å². The molecule has 2 saturated heterocycles. The summed E-state index contributed by atoms with van der Waals surface area (Å²) in [7, 11) is 0. The highest BCUT2D eigenvalue weighted by Crippen LogP contribution is 2.77. The standard InChI is InChI=1S/C41H66O12/c1-19(2)21-11-16-41(36(48)49)18-17-39(7)22(26(21)41)9-10-24-38(6)14-13-25(37(4,5)23(38)12-15-40(24,39)8)51-35-32(29(44)30(45)33(47)53-35)52-34-31(46)28(43)27(42)20(3)50-34/h20-35,42-47H,1,9-18H2,2-8H3,(H,48,49)/t20-,21-,22-,23+,24+,25+,26+,27-,28+,29+,30-,31+,32+,33-,34+,35-,38+,39+,40+,41-/m0/s1. The summed E-state index contributed by atoms with van der Waals surface area (Å²) >= 11 is 0. The van der Waals surface area contributed by atoms with Gasteiger partial charge in [-0.05, 0) is 129 Å². The van der Waals surface area contributed by atoms with E-state index in [2.05, 4.69) is 48.1 Å². The van der Waals surface area contributed by atoms with Crippen molar-refractivity contribution in [2.45, 2.75) is 180 Å². The molecule has 12 nitrogen and oxygen atoms in total. The van der Waals surface area contributed by atoms with Crippen LogP contribution >= 0.6 is 0 Å². The maximum absolute atomic E-state index is 13.0. The average molecular weight is 751 g/mol. The van der Waals surface area contributed by atoms with E-state index in [0.717, 1.165) is 63.4 Å². The minimum atomic E-state index is -1.75. The third-order valence-electron chi connectivity index (χ3n) is 17.4. The summed E-state index contributed by atoms with van der Waals surface area (Å²) in [5.74, 6) is 0.786. The maximum Gasteiger partial charge on any atom is 0.309 e. The molecule has 2 aliphatic heterocycles. The van der Waals surface area contributed by atoms with Crippen LogP contribution in [0.25, 0.3) is 0 Å². The monoisotopic (exact) mass is 750 g/mol. The Balaban J connectivity index is 1.13. The zero-order valence-corrected chi connectivity index (χ0v) is 32.7. The predicted octanol–water partition coefficient (Wildman–Crippen LogP) is 3.72. The highest BCUT2D eigenvalue weighted by Gasteiger charge is 2.72. The molecule has 2 heterocycles. The van der Waals surface area contributed by atoms with Crippen molar-refractivity contribution in [2.75, 3.05) is 0 Å². The van der Waals surface area contributed by atoms with Crippen LogP contribution in [0.15, 0.2) is 12.2 Å². The van der Waals surface area contributed by atoms with Crippen LogP contribution in [0.1, 0.15) is 113 Å². The van der Waals surface area contributed by atoms with Crippen LogP contribution in [0, 0.1) is 56.7 Å². The van der Waals surface area contributed by atoms with Gasteiger partial charge in [-0.1, -0.05) is 46.8 Å². The van der Waals surface area contributed by atoms with Gasteiger partial charge >= 0.3 is 5.97 Å². The van der Waals surface area contributed by atoms with Crippen molar-refractivity contribution >= 4 is 5.97 Å². The van der Waals surface area contributed by atoms with Crippen LogP contribution < -0.4 is 0 Å². The van der Waals surface area contributed by atoms with Gasteiger partial charge in [0.15, 0.2) is 18.9 Å². The molecule has 53 heavy (non-hydrogen) atoms. The minimum absolute atomic E-state index is 0.00350. The number of aliphatic carboxylic acids is 1. The lowest BCUT2D eigenvalue weighted by molar-refractivity contribution is -0.394. The van der Waals surface area contributed by atoms with Gasteiger partial charge in [0.1, 0.15) is 36.6 Å². The molecule has 0 bridgehead atoms. The second-order valence-corrected chi connectivity index (χ2v) is 19.8. The minimum Gasteiger partial charge on any atom is -0.481 e. The molecule has 20 atom stereocenters. The first-order valence-electron chi connectivity index (χ1n) is 20.2. The Morgan fingerprint density at radius 3 is 2.06 bits per heavy atom. The van der Waals surface area contributed by atoms with E-state index in [-0.39, 0.29) is 45.5 Å². The molecule has 7 aliphatic rings. The third-order valence-corrected chi connectivity index (χ3v) is 17.4. The topological polar surface area (TPSA) is 196 Å². The lowest BCUT2D eigenvalue weighted by Gasteiger charge is -2.73. The number of carboxylic acid groups (broad SMARTS) is 1. The van der Waals surface area contributed by atoms with Gasteiger partial charge in [-0.2, -0.15) is 0 Å². The Kier molecular flexibility index (Phi) is 10.2. The van der Waals surface area contributed by atoms with Gasteiger partial charge in [-0.25, -0.2) is 0 Å². The molecule has 7 N–H and O–H groups in total.